The molecule has 132 valence electrons. The maximum absolute atomic E-state index is 12.1. The molecule has 0 radical (unpaired) electrons. The molecule has 1 aliphatic heterocycles. The Hall–Kier alpha value is -1.76. The molecule has 1 aromatic rings. The number of amides is 2. The summed E-state index contributed by atoms with van der Waals surface area (Å²) in [5.41, 5.74) is 0.331. The highest BCUT2D eigenvalue weighted by Crippen LogP contribution is 2.30. The molecule has 24 heavy (non-hydrogen) atoms. The van der Waals surface area contributed by atoms with E-state index in [0.717, 1.165) is 5.56 Å². The van der Waals surface area contributed by atoms with Gasteiger partial charge in [-0.25, -0.2) is 0 Å². The van der Waals surface area contributed by atoms with E-state index in [-0.39, 0.29) is 18.7 Å². The largest absolute Gasteiger partial charge is 0.405 e. The standard InChI is InChI=1S/C16H18ClF3N2O2/c17-12-3-1-11(2-4-12)9-15(8-6-14(24)22-15)7-5-13(23)21-10-16(18,19)20/h1-4H,5-10H2,(H,21,23)(H,22,24). The number of carbonyl (C=O) groups excluding carboxylic acids is 2. The molecular formula is C16H18ClF3N2O2. The van der Waals surface area contributed by atoms with Crippen LogP contribution in [0.1, 0.15) is 31.2 Å². The van der Waals surface area contributed by atoms with E-state index >= 15 is 0 Å². The van der Waals surface area contributed by atoms with Gasteiger partial charge in [-0.2, -0.15) is 13.2 Å². The minimum Gasteiger partial charge on any atom is -0.350 e. The first-order valence-electron chi connectivity index (χ1n) is 7.56. The number of halogens is 4. The molecule has 0 aliphatic carbocycles. The molecule has 1 aromatic carbocycles. The van der Waals surface area contributed by atoms with Crippen LogP contribution in [0.15, 0.2) is 24.3 Å². The van der Waals surface area contributed by atoms with Crippen LogP contribution >= 0.6 is 11.6 Å². The summed E-state index contributed by atoms with van der Waals surface area (Å²) in [5, 5.41) is 5.33. The predicted molar refractivity (Wildman–Crippen MR) is 83.6 cm³/mol. The van der Waals surface area contributed by atoms with Gasteiger partial charge in [-0.15, -0.1) is 0 Å². The average Bonchev–Trinajstić information content (AvgIpc) is 2.86. The minimum atomic E-state index is -4.43. The molecule has 0 bridgehead atoms. The van der Waals surface area contributed by atoms with Crippen LogP contribution in [0.25, 0.3) is 0 Å². The van der Waals surface area contributed by atoms with Crippen LogP contribution < -0.4 is 10.6 Å². The summed E-state index contributed by atoms with van der Waals surface area (Å²) in [6, 6.07) is 7.13. The van der Waals surface area contributed by atoms with Crippen molar-refractivity contribution in [1.29, 1.82) is 0 Å². The van der Waals surface area contributed by atoms with Gasteiger partial charge in [-0.1, -0.05) is 23.7 Å². The fraction of sp³-hybridized carbons (Fsp3) is 0.500. The summed E-state index contributed by atoms with van der Waals surface area (Å²) in [4.78, 5) is 23.2. The number of benzene rings is 1. The van der Waals surface area contributed by atoms with Gasteiger partial charge in [0.25, 0.3) is 0 Å². The molecule has 1 saturated heterocycles. The van der Waals surface area contributed by atoms with Crippen LogP contribution in [0.3, 0.4) is 0 Å². The highest BCUT2D eigenvalue weighted by atomic mass is 35.5. The van der Waals surface area contributed by atoms with Gasteiger partial charge in [0.15, 0.2) is 0 Å². The second-order valence-electron chi connectivity index (χ2n) is 6.02. The fourth-order valence-corrected chi connectivity index (χ4v) is 2.94. The molecule has 1 aliphatic rings. The maximum atomic E-state index is 12.1. The van der Waals surface area contributed by atoms with Crippen molar-refractivity contribution in [2.45, 2.75) is 43.8 Å². The summed E-state index contributed by atoms with van der Waals surface area (Å²) >= 11 is 5.85. The number of carbonyl (C=O) groups is 2. The first kappa shape index (κ1) is 18.6. The van der Waals surface area contributed by atoms with Gasteiger partial charge in [0.1, 0.15) is 6.54 Å². The van der Waals surface area contributed by atoms with E-state index in [1.54, 1.807) is 12.1 Å². The van der Waals surface area contributed by atoms with Gasteiger partial charge in [0, 0.05) is 23.4 Å². The molecule has 0 aromatic heterocycles. The van der Waals surface area contributed by atoms with Crippen molar-refractivity contribution < 1.29 is 22.8 Å². The van der Waals surface area contributed by atoms with Gasteiger partial charge in [-0.05, 0) is 37.0 Å². The Morgan fingerprint density at radius 1 is 1.29 bits per heavy atom. The first-order valence-corrected chi connectivity index (χ1v) is 7.94. The molecule has 2 amide bonds. The zero-order chi connectivity index (χ0) is 17.8. The Balaban J connectivity index is 1.96. The van der Waals surface area contributed by atoms with E-state index in [1.165, 1.54) is 0 Å². The van der Waals surface area contributed by atoms with Crippen molar-refractivity contribution in [1.82, 2.24) is 10.6 Å². The first-order chi connectivity index (χ1) is 11.2. The van der Waals surface area contributed by atoms with Crippen molar-refractivity contribution in [2.24, 2.45) is 0 Å². The third kappa shape index (κ3) is 5.70. The topological polar surface area (TPSA) is 58.2 Å². The number of rotatable bonds is 6. The van der Waals surface area contributed by atoms with Crippen molar-refractivity contribution in [3.63, 3.8) is 0 Å². The fourth-order valence-electron chi connectivity index (χ4n) is 2.82. The van der Waals surface area contributed by atoms with E-state index in [9.17, 15) is 22.8 Å². The number of hydrogen-bond acceptors (Lipinski definition) is 2. The van der Waals surface area contributed by atoms with Crippen molar-refractivity contribution in [2.75, 3.05) is 6.54 Å². The van der Waals surface area contributed by atoms with Crippen molar-refractivity contribution in [3.8, 4) is 0 Å². The highest BCUT2D eigenvalue weighted by Gasteiger charge is 2.38. The van der Waals surface area contributed by atoms with Gasteiger partial charge in [0.05, 0.1) is 0 Å². The SMILES string of the molecule is O=C(CCC1(Cc2ccc(Cl)cc2)CCC(=O)N1)NCC(F)(F)F. The summed E-state index contributed by atoms with van der Waals surface area (Å²) in [6.07, 6.45) is -2.84. The Morgan fingerprint density at radius 3 is 2.50 bits per heavy atom. The summed E-state index contributed by atoms with van der Waals surface area (Å²) < 4.78 is 36.4. The van der Waals surface area contributed by atoms with E-state index in [1.807, 2.05) is 17.4 Å². The number of hydrogen-bond donors (Lipinski definition) is 2. The second-order valence-corrected chi connectivity index (χ2v) is 6.46. The summed E-state index contributed by atoms with van der Waals surface area (Å²) in [5.74, 6) is -0.788. The molecule has 8 heteroatoms. The molecule has 0 saturated carbocycles. The summed E-state index contributed by atoms with van der Waals surface area (Å²) in [7, 11) is 0. The number of alkyl halides is 3. The van der Waals surface area contributed by atoms with Crippen molar-refractivity contribution in [3.05, 3.63) is 34.9 Å². The third-order valence-corrected chi connectivity index (χ3v) is 4.26. The van der Waals surface area contributed by atoms with Crippen molar-refractivity contribution >= 4 is 23.4 Å². The smallest absolute Gasteiger partial charge is 0.350 e. The average molecular weight is 363 g/mol. The lowest BCUT2D eigenvalue weighted by molar-refractivity contribution is -0.138. The minimum absolute atomic E-state index is 0.0794. The quantitative estimate of drug-likeness (QED) is 0.817. The van der Waals surface area contributed by atoms with Gasteiger partial charge in [0.2, 0.25) is 11.8 Å². The van der Waals surface area contributed by atoms with Crippen LogP contribution in [0.2, 0.25) is 5.02 Å². The van der Waals surface area contributed by atoms with Crippen LogP contribution in [-0.4, -0.2) is 30.1 Å². The normalized spacial score (nSPS) is 20.8. The van der Waals surface area contributed by atoms with Crippen LogP contribution in [-0.2, 0) is 16.0 Å². The Kier molecular flexibility index (Phi) is 5.74. The molecule has 2 N–H and O–H groups in total. The Morgan fingerprint density at radius 2 is 1.96 bits per heavy atom. The maximum Gasteiger partial charge on any atom is 0.405 e. The van der Waals surface area contributed by atoms with E-state index in [0.29, 0.717) is 24.3 Å². The van der Waals surface area contributed by atoms with Crippen LogP contribution in [0, 0.1) is 0 Å². The summed E-state index contributed by atoms with van der Waals surface area (Å²) in [6.45, 7) is -1.34. The zero-order valence-corrected chi connectivity index (χ0v) is 13.6. The lowest BCUT2D eigenvalue weighted by Gasteiger charge is -2.29. The molecule has 1 atom stereocenters. The molecule has 1 unspecified atom stereocenters. The predicted octanol–water partition coefficient (Wildman–Crippen LogP) is 2.99. The molecule has 4 nitrogen and oxygen atoms in total. The van der Waals surface area contributed by atoms with E-state index in [2.05, 4.69) is 5.32 Å². The molecule has 1 heterocycles. The molecule has 1 fully saturated rings. The molecular weight excluding hydrogens is 345 g/mol. The Labute approximate surface area is 142 Å². The monoisotopic (exact) mass is 362 g/mol. The van der Waals surface area contributed by atoms with E-state index in [4.69, 9.17) is 11.6 Å². The van der Waals surface area contributed by atoms with Crippen LogP contribution in [0.4, 0.5) is 13.2 Å². The van der Waals surface area contributed by atoms with E-state index < -0.39 is 24.2 Å². The lowest BCUT2D eigenvalue weighted by Crippen LogP contribution is -2.45. The molecule has 2 rings (SSSR count). The van der Waals surface area contributed by atoms with Crippen LogP contribution in [0.5, 0.6) is 0 Å². The zero-order valence-electron chi connectivity index (χ0n) is 12.9. The van der Waals surface area contributed by atoms with Gasteiger partial charge in [-0.3, -0.25) is 9.59 Å². The van der Waals surface area contributed by atoms with Gasteiger partial charge < -0.3 is 10.6 Å². The number of nitrogens with one attached hydrogen (secondary N) is 2. The second kappa shape index (κ2) is 7.42. The third-order valence-electron chi connectivity index (χ3n) is 4.01. The highest BCUT2D eigenvalue weighted by molar-refractivity contribution is 6.30. The lowest BCUT2D eigenvalue weighted by atomic mass is 9.85. The molecule has 0 spiro atoms. The Bertz CT molecular complexity index is 604. The van der Waals surface area contributed by atoms with Gasteiger partial charge >= 0.3 is 6.18 Å².